The molecule has 5 nitrogen and oxygen atoms in total. The van der Waals surface area contributed by atoms with E-state index in [9.17, 15) is 14.4 Å². The van der Waals surface area contributed by atoms with E-state index in [0.29, 0.717) is 0 Å². The molecule has 0 spiro atoms. The molecule has 3 amide bonds. The van der Waals surface area contributed by atoms with Gasteiger partial charge in [0.15, 0.2) is 0 Å². The number of carbonyl (C=O) groups is 3. The number of rotatable bonds is 3. The molecule has 1 aliphatic heterocycles. The van der Waals surface area contributed by atoms with E-state index in [2.05, 4.69) is 5.43 Å². The Morgan fingerprint density at radius 3 is 2.17 bits per heavy atom. The Balaban J connectivity index is 1.77. The van der Waals surface area contributed by atoms with E-state index in [1.165, 1.54) is 0 Å². The highest BCUT2D eigenvalue weighted by molar-refractivity contribution is 6.55. The molecule has 1 aromatic rings. The highest BCUT2D eigenvalue weighted by atomic mass is 35.5. The van der Waals surface area contributed by atoms with Crippen LogP contribution in [-0.2, 0) is 4.79 Å². The van der Waals surface area contributed by atoms with Gasteiger partial charge in [-0.1, -0.05) is 49.2 Å². The fourth-order valence-corrected chi connectivity index (χ4v) is 3.37. The number of amides is 3. The molecule has 1 heterocycles. The topological polar surface area (TPSA) is 66.5 Å². The zero-order valence-corrected chi connectivity index (χ0v) is 14.0. The molecule has 2 aliphatic rings. The minimum atomic E-state index is -0.528. The number of hydrazine groups is 1. The first-order valence-corrected chi connectivity index (χ1v) is 7.82. The Labute approximate surface area is 143 Å². The van der Waals surface area contributed by atoms with Crippen molar-refractivity contribution in [3.8, 4) is 0 Å². The molecule has 1 fully saturated rings. The summed E-state index contributed by atoms with van der Waals surface area (Å²) in [5.74, 6) is -2.00. The molecular formula is C16H14Cl2N2O3. The Morgan fingerprint density at radius 1 is 1.17 bits per heavy atom. The molecule has 1 aliphatic carbocycles. The summed E-state index contributed by atoms with van der Waals surface area (Å²) in [6.07, 6.45) is 1.61. The number of benzene rings is 1. The van der Waals surface area contributed by atoms with Gasteiger partial charge in [-0.15, -0.1) is 0 Å². The van der Waals surface area contributed by atoms with Crippen molar-refractivity contribution in [2.24, 2.45) is 17.3 Å². The lowest BCUT2D eigenvalue weighted by atomic mass is 10.1. The van der Waals surface area contributed by atoms with Crippen LogP contribution in [0, 0.1) is 17.3 Å². The maximum Gasteiger partial charge on any atom is 0.280 e. The van der Waals surface area contributed by atoms with Crippen molar-refractivity contribution in [2.75, 3.05) is 0 Å². The number of imide groups is 1. The molecule has 1 saturated carbocycles. The van der Waals surface area contributed by atoms with Crippen LogP contribution in [-0.4, -0.2) is 22.7 Å². The molecule has 1 N–H and O–H groups in total. The number of nitrogens with one attached hydrogen (secondary N) is 1. The van der Waals surface area contributed by atoms with Gasteiger partial charge in [-0.25, -0.2) is 0 Å². The van der Waals surface area contributed by atoms with Crippen LogP contribution in [0.2, 0.25) is 0 Å². The zero-order valence-electron chi connectivity index (χ0n) is 12.5. The summed E-state index contributed by atoms with van der Waals surface area (Å²) in [6, 6.07) is 6.45. The summed E-state index contributed by atoms with van der Waals surface area (Å²) in [6.45, 7) is 3.80. The normalized spacial score (nSPS) is 24.3. The van der Waals surface area contributed by atoms with Gasteiger partial charge in [0.25, 0.3) is 11.8 Å². The summed E-state index contributed by atoms with van der Waals surface area (Å²) in [7, 11) is 0. The third-order valence-corrected chi connectivity index (χ3v) is 4.77. The van der Waals surface area contributed by atoms with Gasteiger partial charge < -0.3 is 0 Å². The molecular weight excluding hydrogens is 339 g/mol. The number of hydrogen-bond donors (Lipinski definition) is 1. The summed E-state index contributed by atoms with van der Waals surface area (Å²) in [4.78, 5) is 36.9. The van der Waals surface area contributed by atoms with E-state index >= 15 is 0 Å². The van der Waals surface area contributed by atoms with E-state index in [4.69, 9.17) is 23.2 Å². The Bertz CT molecular complexity index is 718. The molecule has 0 bridgehead atoms. The average molecular weight is 353 g/mol. The third-order valence-electron chi connectivity index (χ3n) is 4.51. The van der Waals surface area contributed by atoms with Crippen LogP contribution in [0.4, 0.5) is 0 Å². The standard InChI is InChI=1S/C16H14Cl2N2O3/c1-16(2)10(7-11(17)18)12(16)13(21)19-20-14(22)8-5-3-4-6-9(8)15(20)23/h3-7,10,12H,1-2H3,(H,19,21). The SMILES string of the molecule is CC1(C)C(C=C(Cl)Cl)C1C(=O)NN1C(=O)c2ccccc2C1=O. The van der Waals surface area contributed by atoms with Crippen LogP contribution in [0.3, 0.4) is 0 Å². The second-order valence-corrected chi connectivity index (χ2v) is 7.26. The van der Waals surface area contributed by atoms with Crippen molar-refractivity contribution in [3.05, 3.63) is 46.0 Å². The Kier molecular flexibility index (Phi) is 3.73. The lowest BCUT2D eigenvalue weighted by Crippen LogP contribution is -2.47. The molecule has 3 rings (SSSR count). The number of halogens is 2. The van der Waals surface area contributed by atoms with Crippen LogP contribution in [0.15, 0.2) is 34.8 Å². The van der Waals surface area contributed by atoms with Gasteiger partial charge in [-0.3, -0.25) is 19.8 Å². The number of allylic oxidation sites excluding steroid dienone is 1. The first kappa shape index (κ1) is 16.0. The van der Waals surface area contributed by atoms with Crippen molar-refractivity contribution < 1.29 is 14.4 Å². The molecule has 1 aromatic carbocycles. The first-order valence-electron chi connectivity index (χ1n) is 7.06. The number of nitrogens with zero attached hydrogens (tertiary/aromatic N) is 1. The molecule has 0 radical (unpaired) electrons. The van der Waals surface area contributed by atoms with Crippen LogP contribution in [0.5, 0.6) is 0 Å². The molecule has 2 unspecified atom stereocenters. The second kappa shape index (κ2) is 5.35. The maximum atomic E-state index is 12.4. The lowest BCUT2D eigenvalue weighted by molar-refractivity contribution is -0.126. The number of hydrogen-bond acceptors (Lipinski definition) is 3. The van der Waals surface area contributed by atoms with Gasteiger partial charge >= 0.3 is 0 Å². The van der Waals surface area contributed by atoms with E-state index < -0.39 is 23.6 Å². The second-order valence-electron chi connectivity index (χ2n) is 6.25. The molecule has 2 atom stereocenters. The summed E-state index contributed by atoms with van der Waals surface area (Å²) in [5.41, 5.74) is 2.66. The van der Waals surface area contributed by atoms with Crippen molar-refractivity contribution in [1.29, 1.82) is 0 Å². The van der Waals surface area contributed by atoms with Crippen molar-refractivity contribution in [1.82, 2.24) is 10.4 Å². The largest absolute Gasteiger partial charge is 0.280 e. The predicted molar refractivity (Wildman–Crippen MR) is 85.6 cm³/mol. The number of carbonyl (C=O) groups excluding carboxylic acids is 3. The summed E-state index contributed by atoms with van der Waals surface area (Å²) < 4.78 is 0.0964. The van der Waals surface area contributed by atoms with Crippen LogP contribution < -0.4 is 5.43 Å². The van der Waals surface area contributed by atoms with E-state index in [1.807, 2.05) is 13.8 Å². The van der Waals surface area contributed by atoms with E-state index in [-0.39, 0.29) is 27.0 Å². The highest BCUT2D eigenvalue weighted by Crippen LogP contribution is 2.59. The van der Waals surface area contributed by atoms with E-state index in [0.717, 1.165) is 5.01 Å². The van der Waals surface area contributed by atoms with E-state index in [1.54, 1.807) is 30.3 Å². The summed E-state index contributed by atoms with van der Waals surface area (Å²) >= 11 is 11.3. The van der Waals surface area contributed by atoms with Crippen LogP contribution in [0.1, 0.15) is 34.6 Å². The zero-order chi connectivity index (χ0) is 16.9. The lowest BCUT2D eigenvalue weighted by Gasteiger charge is -2.15. The third kappa shape index (κ3) is 2.54. The first-order chi connectivity index (χ1) is 10.7. The van der Waals surface area contributed by atoms with Gasteiger partial charge in [-0.05, 0) is 29.5 Å². The predicted octanol–water partition coefficient (Wildman–Crippen LogP) is 2.91. The molecule has 7 heteroatoms. The Morgan fingerprint density at radius 2 is 1.70 bits per heavy atom. The van der Waals surface area contributed by atoms with Gasteiger partial charge in [-0.2, -0.15) is 5.01 Å². The molecule has 23 heavy (non-hydrogen) atoms. The van der Waals surface area contributed by atoms with Gasteiger partial charge in [0.05, 0.1) is 17.0 Å². The van der Waals surface area contributed by atoms with Crippen LogP contribution >= 0.6 is 23.2 Å². The fourth-order valence-electron chi connectivity index (χ4n) is 3.10. The maximum absolute atomic E-state index is 12.4. The molecule has 0 saturated heterocycles. The number of fused-ring (bicyclic) bond motifs is 1. The fraction of sp³-hybridized carbons (Fsp3) is 0.312. The monoisotopic (exact) mass is 352 g/mol. The van der Waals surface area contributed by atoms with Crippen molar-refractivity contribution in [2.45, 2.75) is 13.8 Å². The molecule has 120 valence electrons. The average Bonchev–Trinajstić information content (AvgIpc) is 2.93. The smallest absolute Gasteiger partial charge is 0.273 e. The highest BCUT2D eigenvalue weighted by Gasteiger charge is 2.61. The summed E-state index contributed by atoms with van der Waals surface area (Å²) in [5, 5.41) is 0.768. The molecule has 0 aromatic heterocycles. The van der Waals surface area contributed by atoms with Gasteiger partial charge in [0.1, 0.15) is 4.49 Å². The van der Waals surface area contributed by atoms with Gasteiger partial charge in [0.2, 0.25) is 5.91 Å². The minimum absolute atomic E-state index is 0.0964. The van der Waals surface area contributed by atoms with Crippen molar-refractivity contribution in [3.63, 3.8) is 0 Å². The quantitative estimate of drug-likeness (QED) is 0.850. The van der Waals surface area contributed by atoms with Crippen LogP contribution in [0.25, 0.3) is 0 Å². The van der Waals surface area contributed by atoms with Crippen molar-refractivity contribution >= 4 is 40.9 Å². The van der Waals surface area contributed by atoms with Gasteiger partial charge in [0, 0.05) is 0 Å². The Hall–Kier alpha value is -1.85. The minimum Gasteiger partial charge on any atom is -0.273 e.